The Kier molecular flexibility index (Phi) is 4.71. The minimum atomic E-state index is -0.316. The number of aryl methyl sites for hydroxylation is 1. The van der Waals surface area contributed by atoms with E-state index < -0.39 is 0 Å². The number of halogens is 1. The topological polar surface area (TPSA) is 56.2 Å². The Labute approximate surface area is 134 Å². The van der Waals surface area contributed by atoms with Gasteiger partial charge in [-0.25, -0.2) is 9.37 Å². The molecule has 3 rings (SSSR count). The molecule has 23 heavy (non-hydrogen) atoms. The maximum absolute atomic E-state index is 13.6. The number of amides is 1. The summed E-state index contributed by atoms with van der Waals surface area (Å²) in [6.45, 7) is 0.951. The first-order valence-corrected chi connectivity index (χ1v) is 7.77. The van der Waals surface area contributed by atoms with Gasteiger partial charge in [0.05, 0.1) is 5.92 Å². The number of nitrogens with one attached hydrogen (secondary N) is 1. The molecular formula is C17H20FN3O2. The summed E-state index contributed by atoms with van der Waals surface area (Å²) >= 11 is 0. The molecule has 2 heterocycles. The van der Waals surface area contributed by atoms with E-state index in [2.05, 4.69) is 10.3 Å². The molecule has 1 saturated heterocycles. The lowest BCUT2D eigenvalue weighted by molar-refractivity contribution is -0.126. The van der Waals surface area contributed by atoms with Gasteiger partial charge in [0.15, 0.2) is 0 Å². The van der Waals surface area contributed by atoms with Gasteiger partial charge in [0.1, 0.15) is 17.7 Å². The first-order chi connectivity index (χ1) is 11.2. The maximum atomic E-state index is 13.6. The highest BCUT2D eigenvalue weighted by Gasteiger charge is 2.37. The van der Waals surface area contributed by atoms with Crippen molar-refractivity contribution in [1.82, 2.24) is 14.9 Å². The Morgan fingerprint density at radius 1 is 1.48 bits per heavy atom. The molecule has 1 aliphatic rings. The Morgan fingerprint density at radius 3 is 3.04 bits per heavy atom. The third kappa shape index (κ3) is 3.42. The number of rotatable bonds is 5. The summed E-state index contributed by atoms with van der Waals surface area (Å²) in [5.74, 6) is 0.206. The Bertz CT molecular complexity index is 686. The molecule has 0 saturated carbocycles. The number of aromatic nitrogens is 2. The fourth-order valence-corrected chi connectivity index (χ4v) is 2.92. The number of nitrogens with zero attached hydrogens (tertiary/aromatic N) is 2. The quantitative estimate of drug-likeness (QED) is 0.917. The number of ether oxygens (including phenoxy) is 1. The summed E-state index contributed by atoms with van der Waals surface area (Å²) < 4.78 is 21.1. The number of imidazole rings is 1. The lowest BCUT2D eigenvalue weighted by atomic mass is 9.99. The lowest BCUT2D eigenvalue weighted by Crippen LogP contribution is -2.34. The fraction of sp³-hybridized carbons (Fsp3) is 0.412. The van der Waals surface area contributed by atoms with Crippen molar-refractivity contribution in [2.45, 2.75) is 18.9 Å². The molecule has 0 spiro atoms. The van der Waals surface area contributed by atoms with Crippen molar-refractivity contribution in [3.05, 3.63) is 53.9 Å². The van der Waals surface area contributed by atoms with E-state index in [1.807, 2.05) is 17.8 Å². The standard InChI is InChI=1S/C17H20FN3O2/c1-21-10-9-19-16(21)15-13(7-11-23-15)17(22)20-8-6-12-4-2-3-5-14(12)18/h2-5,9-10,13,15H,6-8,11H2,1H3,(H,20,22)/t13-,15-/m1/s1. The molecule has 1 aliphatic heterocycles. The summed E-state index contributed by atoms with van der Waals surface area (Å²) in [4.78, 5) is 16.7. The van der Waals surface area contributed by atoms with Crippen molar-refractivity contribution >= 4 is 5.91 Å². The van der Waals surface area contributed by atoms with Crippen LogP contribution in [0.3, 0.4) is 0 Å². The number of hydrogen-bond donors (Lipinski definition) is 1. The van der Waals surface area contributed by atoms with Crippen molar-refractivity contribution in [2.24, 2.45) is 13.0 Å². The molecule has 1 aromatic carbocycles. The second kappa shape index (κ2) is 6.91. The highest BCUT2D eigenvalue weighted by molar-refractivity contribution is 5.79. The Morgan fingerprint density at radius 2 is 2.30 bits per heavy atom. The van der Waals surface area contributed by atoms with E-state index in [1.165, 1.54) is 6.07 Å². The van der Waals surface area contributed by atoms with Gasteiger partial charge < -0.3 is 14.6 Å². The minimum Gasteiger partial charge on any atom is -0.369 e. The molecule has 2 aromatic rings. The van der Waals surface area contributed by atoms with Gasteiger partial charge in [-0.15, -0.1) is 0 Å². The van der Waals surface area contributed by atoms with Crippen LogP contribution < -0.4 is 5.32 Å². The van der Waals surface area contributed by atoms with E-state index >= 15 is 0 Å². The fourth-order valence-electron chi connectivity index (χ4n) is 2.92. The molecule has 1 N–H and O–H groups in total. The van der Waals surface area contributed by atoms with Gasteiger partial charge in [-0.05, 0) is 24.5 Å². The average Bonchev–Trinajstić information content (AvgIpc) is 3.17. The predicted octanol–water partition coefficient (Wildman–Crippen LogP) is 2.00. The smallest absolute Gasteiger partial charge is 0.226 e. The average molecular weight is 317 g/mol. The normalized spacial score (nSPS) is 20.6. The number of carbonyl (C=O) groups excluding carboxylic acids is 1. The zero-order chi connectivity index (χ0) is 16.2. The van der Waals surface area contributed by atoms with Crippen molar-refractivity contribution in [3.63, 3.8) is 0 Å². The highest BCUT2D eigenvalue weighted by Crippen LogP contribution is 2.33. The highest BCUT2D eigenvalue weighted by atomic mass is 19.1. The largest absolute Gasteiger partial charge is 0.369 e. The number of benzene rings is 1. The van der Waals surface area contributed by atoms with Crippen LogP contribution in [0.1, 0.15) is 23.9 Å². The van der Waals surface area contributed by atoms with Crippen LogP contribution in [0.5, 0.6) is 0 Å². The SMILES string of the molecule is Cn1ccnc1[C@@H]1OCC[C@H]1C(=O)NCCc1ccccc1F. The second-order valence-corrected chi connectivity index (χ2v) is 5.72. The van der Waals surface area contributed by atoms with E-state index in [0.717, 1.165) is 5.82 Å². The molecule has 6 heteroatoms. The maximum Gasteiger partial charge on any atom is 0.226 e. The molecule has 1 amide bonds. The monoisotopic (exact) mass is 317 g/mol. The molecule has 0 radical (unpaired) electrons. The molecule has 5 nitrogen and oxygen atoms in total. The van der Waals surface area contributed by atoms with Gasteiger partial charge in [-0.2, -0.15) is 0 Å². The van der Waals surface area contributed by atoms with Crippen LogP contribution in [-0.4, -0.2) is 28.6 Å². The first-order valence-electron chi connectivity index (χ1n) is 7.77. The third-order valence-corrected chi connectivity index (χ3v) is 4.19. The van der Waals surface area contributed by atoms with E-state index in [1.54, 1.807) is 24.4 Å². The zero-order valence-corrected chi connectivity index (χ0v) is 13.0. The predicted molar refractivity (Wildman–Crippen MR) is 83.1 cm³/mol. The van der Waals surface area contributed by atoms with Crippen LogP contribution in [0.15, 0.2) is 36.7 Å². The first kappa shape index (κ1) is 15.7. The molecule has 0 aliphatic carbocycles. The molecular weight excluding hydrogens is 297 g/mol. The van der Waals surface area contributed by atoms with Crippen LogP contribution in [0, 0.1) is 11.7 Å². The summed E-state index contributed by atoms with van der Waals surface area (Å²) in [5.41, 5.74) is 0.608. The molecule has 1 aromatic heterocycles. The molecule has 0 bridgehead atoms. The van der Waals surface area contributed by atoms with Crippen LogP contribution >= 0.6 is 0 Å². The second-order valence-electron chi connectivity index (χ2n) is 5.72. The van der Waals surface area contributed by atoms with Gasteiger partial charge in [0, 0.05) is 32.6 Å². The van der Waals surface area contributed by atoms with E-state index in [4.69, 9.17) is 4.74 Å². The summed E-state index contributed by atoms with van der Waals surface area (Å²) in [6, 6.07) is 6.61. The van der Waals surface area contributed by atoms with E-state index in [9.17, 15) is 9.18 Å². The van der Waals surface area contributed by atoms with Gasteiger partial charge >= 0.3 is 0 Å². The minimum absolute atomic E-state index is 0.0631. The van der Waals surface area contributed by atoms with Crippen LogP contribution in [-0.2, 0) is 23.0 Å². The summed E-state index contributed by atoms with van der Waals surface area (Å²) in [5, 5.41) is 2.89. The summed E-state index contributed by atoms with van der Waals surface area (Å²) in [6.07, 6.45) is 4.36. The number of carbonyl (C=O) groups is 1. The van der Waals surface area contributed by atoms with Gasteiger partial charge in [0.25, 0.3) is 0 Å². The van der Waals surface area contributed by atoms with Gasteiger partial charge in [-0.1, -0.05) is 18.2 Å². The van der Waals surface area contributed by atoms with Gasteiger partial charge in [0.2, 0.25) is 5.91 Å². The zero-order valence-electron chi connectivity index (χ0n) is 13.0. The van der Waals surface area contributed by atoms with Crippen LogP contribution in [0.2, 0.25) is 0 Å². The summed E-state index contributed by atoms with van der Waals surface area (Å²) in [7, 11) is 1.89. The third-order valence-electron chi connectivity index (χ3n) is 4.19. The van der Waals surface area contributed by atoms with Crippen LogP contribution in [0.4, 0.5) is 4.39 Å². The van der Waals surface area contributed by atoms with Crippen molar-refractivity contribution in [3.8, 4) is 0 Å². The molecule has 1 fully saturated rings. The Hall–Kier alpha value is -2.21. The molecule has 0 unspecified atom stereocenters. The van der Waals surface area contributed by atoms with E-state index in [-0.39, 0.29) is 23.7 Å². The van der Waals surface area contributed by atoms with Crippen molar-refractivity contribution in [1.29, 1.82) is 0 Å². The Balaban J connectivity index is 1.57. The molecule has 2 atom stereocenters. The van der Waals surface area contributed by atoms with Crippen LogP contribution in [0.25, 0.3) is 0 Å². The lowest BCUT2D eigenvalue weighted by Gasteiger charge is -2.18. The van der Waals surface area contributed by atoms with Gasteiger partial charge in [-0.3, -0.25) is 4.79 Å². The van der Waals surface area contributed by atoms with E-state index in [0.29, 0.717) is 31.6 Å². The molecule has 122 valence electrons. The van der Waals surface area contributed by atoms with Crippen molar-refractivity contribution in [2.75, 3.05) is 13.2 Å². The van der Waals surface area contributed by atoms with Crippen molar-refractivity contribution < 1.29 is 13.9 Å². The number of hydrogen-bond acceptors (Lipinski definition) is 3.